The minimum Gasteiger partial charge on any atom is -0.303 e. The first-order chi connectivity index (χ1) is 7.11. The summed E-state index contributed by atoms with van der Waals surface area (Å²) in [6.45, 7) is 9.95. The molecule has 0 spiro atoms. The second-order valence-electron chi connectivity index (χ2n) is 4.99. The lowest BCUT2D eigenvalue weighted by Crippen LogP contribution is -2.36. The van der Waals surface area contributed by atoms with Gasteiger partial charge in [0, 0.05) is 19.1 Å². The maximum absolute atomic E-state index is 8.97. The highest BCUT2D eigenvalue weighted by molar-refractivity contribution is 4.91. The van der Waals surface area contributed by atoms with Crippen molar-refractivity contribution in [1.29, 1.82) is 5.26 Å². The van der Waals surface area contributed by atoms with Gasteiger partial charge in [-0.3, -0.25) is 5.32 Å². The second-order valence-corrected chi connectivity index (χ2v) is 4.99. The average Bonchev–Trinajstić information content (AvgIpc) is 2.58. The minimum atomic E-state index is 0.0147. The molecule has 0 aromatic carbocycles. The number of hydrogen-bond donors (Lipinski definition) is 1. The van der Waals surface area contributed by atoms with Gasteiger partial charge in [-0.05, 0) is 39.2 Å². The highest BCUT2D eigenvalue weighted by atomic mass is 15.1. The summed E-state index contributed by atoms with van der Waals surface area (Å²) >= 11 is 0. The zero-order valence-electron chi connectivity index (χ0n) is 10.2. The summed E-state index contributed by atoms with van der Waals surface area (Å²) in [5.41, 5.74) is 0. The van der Waals surface area contributed by atoms with Crippen LogP contribution in [0.2, 0.25) is 0 Å². The van der Waals surface area contributed by atoms with Gasteiger partial charge in [0.1, 0.15) is 0 Å². The third kappa shape index (κ3) is 4.63. The zero-order chi connectivity index (χ0) is 11.3. The molecular formula is C12H23N3. The van der Waals surface area contributed by atoms with E-state index < -0.39 is 0 Å². The van der Waals surface area contributed by atoms with Crippen LogP contribution >= 0.6 is 0 Å². The van der Waals surface area contributed by atoms with Crippen LogP contribution in [0.25, 0.3) is 0 Å². The van der Waals surface area contributed by atoms with Crippen LogP contribution in [0.4, 0.5) is 0 Å². The van der Waals surface area contributed by atoms with E-state index in [1.807, 2.05) is 0 Å². The summed E-state index contributed by atoms with van der Waals surface area (Å²) in [5.74, 6) is 0.837. The molecule has 2 unspecified atom stereocenters. The zero-order valence-corrected chi connectivity index (χ0v) is 10.2. The molecule has 1 rings (SSSR count). The first-order valence-electron chi connectivity index (χ1n) is 6.00. The number of nitrogens with one attached hydrogen (secondary N) is 1. The predicted molar refractivity (Wildman–Crippen MR) is 62.5 cm³/mol. The van der Waals surface area contributed by atoms with E-state index in [4.69, 9.17) is 5.26 Å². The standard InChI is InChI=1S/C12H23N3/c1-10(2)14-12(8-13)5-7-15-6-4-11(3)9-15/h10-12,14H,4-7,9H2,1-3H3. The van der Waals surface area contributed by atoms with Crippen molar-refractivity contribution in [3.8, 4) is 6.07 Å². The first-order valence-corrected chi connectivity index (χ1v) is 6.00. The van der Waals surface area contributed by atoms with Gasteiger partial charge < -0.3 is 4.90 Å². The fourth-order valence-corrected chi connectivity index (χ4v) is 2.13. The van der Waals surface area contributed by atoms with E-state index in [2.05, 4.69) is 37.1 Å². The first kappa shape index (κ1) is 12.5. The summed E-state index contributed by atoms with van der Waals surface area (Å²) in [6.07, 6.45) is 2.26. The molecular weight excluding hydrogens is 186 g/mol. The van der Waals surface area contributed by atoms with Crippen molar-refractivity contribution in [2.75, 3.05) is 19.6 Å². The van der Waals surface area contributed by atoms with Crippen molar-refractivity contribution in [2.24, 2.45) is 5.92 Å². The topological polar surface area (TPSA) is 39.1 Å². The predicted octanol–water partition coefficient (Wildman–Crippen LogP) is 1.61. The quantitative estimate of drug-likeness (QED) is 0.747. The molecule has 3 nitrogen and oxygen atoms in total. The summed E-state index contributed by atoms with van der Waals surface area (Å²) in [4.78, 5) is 2.47. The third-order valence-electron chi connectivity index (χ3n) is 2.93. The van der Waals surface area contributed by atoms with Gasteiger partial charge in [0.15, 0.2) is 0 Å². The molecule has 86 valence electrons. The lowest BCUT2D eigenvalue weighted by molar-refractivity contribution is 0.309. The molecule has 0 amide bonds. The lowest BCUT2D eigenvalue weighted by Gasteiger charge is -2.19. The number of nitrogens with zero attached hydrogens (tertiary/aromatic N) is 2. The SMILES string of the molecule is CC1CCN(CCC(C#N)NC(C)C)C1. The Morgan fingerprint density at radius 3 is 2.73 bits per heavy atom. The van der Waals surface area contributed by atoms with Gasteiger partial charge in [-0.2, -0.15) is 5.26 Å². The average molecular weight is 209 g/mol. The second kappa shape index (κ2) is 6.09. The van der Waals surface area contributed by atoms with E-state index in [-0.39, 0.29) is 6.04 Å². The number of hydrogen-bond acceptors (Lipinski definition) is 3. The maximum Gasteiger partial charge on any atom is 0.0967 e. The monoisotopic (exact) mass is 209 g/mol. The van der Waals surface area contributed by atoms with Gasteiger partial charge in [-0.25, -0.2) is 0 Å². The Balaban J connectivity index is 2.20. The van der Waals surface area contributed by atoms with Gasteiger partial charge >= 0.3 is 0 Å². The summed E-state index contributed by atoms with van der Waals surface area (Å²) < 4.78 is 0. The van der Waals surface area contributed by atoms with Gasteiger partial charge in [-0.15, -0.1) is 0 Å². The van der Waals surface area contributed by atoms with E-state index in [9.17, 15) is 0 Å². The molecule has 1 saturated heterocycles. The number of likely N-dealkylation sites (tertiary alicyclic amines) is 1. The summed E-state index contributed by atoms with van der Waals surface area (Å²) in [5, 5.41) is 12.2. The van der Waals surface area contributed by atoms with Crippen LogP contribution in [0, 0.1) is 17.2 Å². The Labute approximate surface area is 93.5 Å². The Morgan fingerprint density at radius 2 is 2.27 bits per heavy atom. The Hall–Kier alpha value is -0.590. The molecule has 1 N–H and O–H groups in total. The minimum absolute atomic E-state index is 0.0147. The Kier molecular flexibility index (Phi) is 5.07. The van der Waals surface area contributed by atoms with E-state index in [1.54, 1.807) is 0 Å². The smallest absolute Gasteiger partial charge is 0.0967 e. The van der Waals surface area contributed by atoms with Crippen LogP contribution in [0.1, 0.15) is 33.6 Å². The molecule has 1 heterocycles. The normalized spacial score (nSPS) is 24.3. The van der Waals surface area contributed by atoms with Crippen molar-refractivity contribution < 1.29 is 0 Å². The molecule has 0 aliphatic carbocycles. The molecule has 0 bridgehead atoms. The number of rotatable bonds is 5. The largest absolute Gasteiger partial charge is 0.303 e. The van der Waals surface area contributed by atoms with Crippen molar-refractivity contribution in [1.82, 2.24) is 10.2 Å². The van der Waals surface area contributed by atoms with Crippen molar-refractivity contribution in [3.63, 3.8) is 0 Å². The molecule has 0 aromatic rings. The van der Waals surface area contributed by atoms with E-state index in [1.165, 1.54) is 19.5 Å². The van der Waals surface area contributed by atoms with Gasteiger partial charge in [0.05, 0.1) is 12.1 Å². The van der Waals surface area contributed by atoms with Crippen LogP contribution in [-0.4, -0.2) is 36.6 Å². The van der Waals surface area contributed by atoms with E-state index in [0.717, 1.165) is 18.9 Å². The molecule has 0 radical (unpaired) electrons. The summed E-state index contributed by atoms with van der Waals surface area (Å²) in [7, 11) is 0. The van der Waals surface area contributed by atoms with Crippen molar-refractivity contribution in [3.05, 3.63) is 0 Å². The number of nitriles is 1. The molecule has 0 saturated carbocycles. The maximum atomic E-state index is 8.97. The lowest BCUT2D eigenvalue weighted by atomic mass is 10.2. The Bertz CT molecular complexity index is 219. The highest BCUT2D eigenvalue weighted by Gasteiger charge is 2.19. The molecule has 2 atom stereocenters. The van der Waals surface area contributed by atoms with Crippen LogP contribution in [0.15, 0.2) is 0 Å². The summed E-state index contributed by atoms with van der Waals surface area (Å²) in [6, 6.07) is 2.74. The van der Waals surface area contributed by atoms with Crippen LogP contribution in [-0.2, 0) is 0 Å². The molecule has 0 aromatic heterocycles. The van der Waals surface area contributed by atoms with Crippen molar-refractivity contribution in [2.45, 2.75) is 45.7 Å². The fourth-order valence-electron chi connectivity index (χ4n) is 2.13. The molecule has 1 aliphatic heterocycles. The van der Waals surface area contributed by atoms with E-state index >= 15 is 0 Å². The Morgan fingerprint density at radius 1 is 1.53 bits per heavy atom. The van der Waals surface area contributed by atoms with Crippen LogP contribution < -0.4 is 5.32 Å². The molecule has 1 fully saturated rings. The van der Waals surface area contributed by atoms with Gasteiger partial charge in [-0.1, -0.05) is 6.92 Å². The fraction of sp³-hybridized carbons (Fsp3) is 0.917. The van der Waals surface area contributed by atoms with Crippen molar-refractivity contribution >= 4 is 0 Å². The van der Waals surface area contributed by atoms with Gasteiger partial charge in [0.2, 0.25) is 0 Å². The highest BCUT2D eigenvalue weighted by Crippen LogP contribution is 2.15. The van der Waals surface area contributed by atoms with Crippen LogP contribution in [0.3, 0.4) is 0 Å². The molecule has 3 heteroatoms. The third-order valence-corrected chi connectivity index (χ3v) is 2.93. The molecule has 1 aliphatic rings. The molecule has 15 heavy (non-hydrogen) atoms. The van der Waals surface area contributed by atoms with Gasteiger partial charge in [0.25, 0.3) is 0 Å². The van der Waals surface area contributed by atoms with E-state index in [0.29, 0.717) is 6.04 Å². The van der Waals surface area contributed by atoms with Crippen LogP contribution in [0.5, 0.6) is 0 Å².